The third-order valence-corrected chi connectivity index (χ3v) is 5.14. The number of rotatable bonds is 4. The molecule has 1 saturated heterocycles. The molecule has 2 nitrogen and oxygen atoms in total. The number of hydrogen-bond donors (Lipinski definition) is 1. The summed E-state index contributed by atoms with van der Waals surface area (Å²) in [5, 5.41) is 3.33. The van der Waals surface area contributed by atoms with Crippen molar-refractivity contribution in [2.45, 2.75) is 57.0 Å². The summed E-state index contributed by atoms with van der Waals surface area (Å²) in [5.41, 5.74) is 3.22. The van der Waals surface area contributed by atoms with Crippen molar-refractivity contribution in [1.82, 2.24) is 10.2 Å². The zero-order valence-electron chi connectivity index (χ0n) is 12.8. The Morgan fingerprint density at radius 3 is 2.95 bits per heavy atom. The highest BCUT2D eigenvalue weighted by Gasteiger charge is 2.31. The van der Waals surface area contributed by atoms with Crippen LogP contribution in [0.2, 0.25) is 0 Å². The van der Waals surface area contributed by atoms with Crippen molar-refractivity contribution in [3.63, 3.8) is 0 Å². The second kappa shape index (κ2) is 6.73. The van der Waals surface area contributed by atoms with E-state index in [1.54, 1.807) is 11.1 Å². The Morgan fingerprint density at radius 1 is 1.15 bits per heavy atom. The molecule has 1 heterocycles. The van der Waals surface area contributed by atoms with Crippen LogP contribution in [0.4, 0.5) is 0 Å². The van der Waals surface area contributed by atoms with E-state index in [0.29, 0.717) is 6.04 Å². The maximum absolute atomic E-state index is 3.33. The lowest BCUT2D eigenvalue weighted by Crippen LogP contribution is -2.44. The van der Waals surface area contributed by atoms with Gasteiger partial charge in [-0.2, -0.15) is 0 Å². The molecular weight excluding hydrogens is 244 g/mol. The van der Waals surface area contributed by atoms with Gasteiger partial charge < -0.3 is 5.32 Å². The molecule has 2 aliphatic rings. The zero-order valence-corrected chi connectivity index (χ0v) is 12.8. The molecule has 1 N–H and O–H groups in total. The van der Waals surface area contributed by atoms with Gasteiger partial charge in [0.15, 0.2) is 0 Å². The molecule has 0 spiro atoms. The first-order valence-electron chi connectivity index (χ1n) is 8.38. The third kappa shape index (κ3) is 2.91. The molecule has 1 aromatic carbocycles. The van der Waals surface area contributed by atoms with Crippen molar-refractivity contribution in [2.75, 3.05) is 20.1 Å². The molecule has 2 heteroatoms. The first-order chi connectivity index (χ1) is 9.90. The van der Waals surface area contributed by atoms with Crippen LogP contribution in [0, 0.1) is 0 Å². The molecule has 2 atom stereocenters. The minimum Gasteiger partial charge on any atom is -0.320 e. The smallest absolute Gasteiger partial charge is 0.0353 e. The number of likely N-dealkylation sites (tertiary alicyclic amines) is 1. The lowest BCUT2D eigenvalue weighted by molar-refractivity contribution is 0.0789. The fraction of sp³-hybridized carbons (Fsp3) is 0.667. The van der Waals surface area contributed by atoms with Crippen LogP contribution in [0.3, 0.4) is 0 Å². The molecule has 1 aromatic rings. The second-order valence-electron chi connectivity index (χ2n) is 6.39. The largest absolute Gasteiger partial charge is 0.320 e. The molecule has 1 aliphatic carbocycles. The highest BCUT2D eigenvalue weighted by Crippen LogP contribution is 2.38. The van der Waals surface area contributed by atoms with E-state index in [0.717, 1.165) is 12.6 Å². The van der Waals surface area contributed by atoms with Crippen LogP contribution in [0.1, 0.15) is 55.7 Å². The Bertz CT molecular complexity index is 429. The van der Waals surface area contributed by atoms with Crippen LogP contribution in [0.25, 0.3) is 0 Å². The average molecular weight is 272 g/mol. The van der Waals surface area contributed by atoms with Crippen molar-refractivity contribution in [1.29, 1.82) is 0 Å². The fourth-order valence-electron chi connectivity index (χ4n) is 4.13. The minimum absolute atomic E-state index is 0.683. The Morgan fingerprint density at radius 2 is 2.05 bits per heavy atom. The van der Waals surface area contributed by atoms with Gasteiger partial charge in [-0.3, -0.25) is 4.90 Å². The van der Waals surface area contributed by atoms with Gasteiger partial charge in [-0.15, -0.1) is 0 Å². The number of aryl methyl sites for hydroxylation is 1. The van der Waals surface area contributed by atoms with Gasteiger partial charge in [0.1, 0.15) is 0 Å². The minimum atomic E-state index is 0.683. The number of fused-ring (bicyclic) bond motifs is 1. The molecule has 1 aliphatic heterocycles. The summed E-state index contributed by atoms with van der Waals surface area (Å²) in [4.78, 5) is 2.83. The highest BCUT2D eigenvalue weighted by atomic mass is 15.2. The summed E-state index contributed by atoms with van der Waals surface area (Å²) in [7, 11) is 2.07. The zero-order chi connectivity index (χ0) is 13.8. The molecule has 110 valence electrons. The van der Waals surface area contributed by atoms with Crippen molar-refractivity contribution in [3.05, 3.63) is 35.4 Å². The van der Waals surface area contributed by atoms with Crippen LogP contribution in [-0.4, -0.2) is 31.1 Å². The van der Waals surface area contributed by atoms with E-state index in [4.69, 9.17) is 0 Å². The quantitative estimate of drug-likeness (QED) is 0.902. The number of nitrogens with one attached hydrogen (secondary N) is 1. The van der Waals surface area contributed by atoms with E-state index < -0.39 is 0 Å². The van der Waals surface area contributed by atoms with Gasteiger partial charge in [-0.1, -0.05) is 30.7 Å². The summed E-state index contributed by atoms with van der Waals surface area (Å²) in [6, 6.07) is 10.6. The molecule has 0 bridgehead atoms. The van der Waals surface area contributed by atoms with Gasteiger partial charge in [-0.05, 0) is 69.8 Å². The van der Waals surface area contributed by atoms with E-state index in [2.05, 4.69) is 41.5 Å². The molecule has 0 radical (unpaired) electrons. The summed E-state index contributed by atoms with van der Waals surface area (Å²) >= 11 is 0. The summed E-state index contributed by atoms with van der Waals surface area (Å²) in [6.07, 6.45) is 9.48. The number of nitrogens with zero attached hydrogens (tertiary/aromatic N) is 1. The van der Waals surface area contributed by atoms with Crippen LogP contribution in [-0.2, 0) is 6.42 Å². The fourth-order valence-corrected chi connectivity index (χ4v) is 4.13. The summed E-state index contributed by atoms with van der Waals surface area (Å²) in [5.74, 6) is 0. The Labute approximate surface area is 123 Å². The van der Waals surface area contributed by atoms with Gasteiger partial charge in [0.2, 0.25) is 0 Å². The van der Waals surface area contributed by atoms with Gasteiger partial charge in [0, 0.05) is 12.1 Å². The maximum Gasteiger partial charge on any atom is 0.0353 e. The van der Waals surface area contributed by atoms with E-state index in [1.165, 1.54) is 51.5 Å². The standard InChI is InChI=1S/C18H28N2/c1-19-13-12-16-9-4-5-14-20(16)18-11-6-8-15-7-2-3-10-17(15)18/h2-3,7,10,16,18-19H,4-6,8-9,11-14H2,1H3. The van der Waals surface area contributed by atoms with Crippen LogP contribution >= 0.6 is 0 Å². The van der Waals surface area contributed by atoms with E-state index >= 15 is 0 Å². The van der Waals surface area contributed by atoms with Crippen LogP contribution in [0.15, 0.2) is 24.3 Å². The molecular formula is C18H28N2. The second-order valence-corrected chi connectivity index (χ2v) is 6.39. The normalized spacial score (nSPS) is 27.2. The van der Waals surface area contributed by atoms with Gasteiger partial charge in [0.05, 0.1) is 0 Å². The number of hydrogen-bond acceptors (Lipinski definition) is 2. The average Bonchev–Trinajstić information content (AvgIpc) is 2.53. The van der Waals surface area contributed by atoms with Crippen molar-refractivity contribution in [2.24, 2.45) is 0 Å². The Kier molecular flexibility index (Phi) is 4.74. The van der Waals surface area contributed by atoms with Crippen molar-refractivity contribution < 1.29 is 0 Å². The molecule has 1 fully saturated rings. The van der Waals surface area contributed by atoms with Crippen molar-refractivity contribution in [3.8, 4) is 0 Å². The maximum atomic E-state index is 3.33. The number of benzene rings is 1. The number of piperidine rings is 1. The first kappa shape index (κ1) is 14.1. The topological polar surface area (TPSA) is 15.3 Å². The SMILES string of the molecule is CNCCC1CCCCN1C1CCCc2ccccc21. The monoisotopic (exact) mass is 272 g/mol. The third-order valence-electron chi connectivity index (χ3n) is 5.14. The predicted molar refractivity (Wildman–Crippen MR) is 85.0 cm³/mol. The summed E-state index contributed by atoms with van der Waals surface area (Å²) in [6.45, 7) is 2.45. The Balaban J connectivity index is 1.80. The molecule has 20 heavy (non-hydrogen) atoms. The van der Waals surface area contributed by atoms with Gasteiger partial charge >= 0.3 is 0 Å². The predicted octanol–water partition coefficient (Wildman–Crippen LogP) is 3.53. The van der Waals surface area contributed by atoms with Crippen LogP contribution < -0.4 is 5.32 Å². The lowest BCUT2D eigenvalue weighted by Gasteiger charge is -2.43. The Hall–Kier alpha value is -0.860. The van der Waals surface area contributed by atoms with Crippen LogP contribution in [0.5, 0.6) is 0 Å². The molecule has 2 unspecified atom stereocenters. The highest BCUT2D eigenvalue weighted by molar-refractivity contribution is 5.32. The van der Waals surface area contributed by atoms with Gasteiger partial charge in [-0.25, -0.2) is 0 Å². The summed E-state index contributed by atoms with van der Waals surface area (Å²) < 4.78 is 0. The molecule has 3 rings (SSSR count). The molecule has 0 saturated carbocycles. The van der Waals surface area contributed by atoms with E-state index in [9.17, 15) is 0 Å². The van der Waals surface area contributed by atoms with E-state index in [1.807, 2.05) is 0 Å². The van der Waals surface area contributed by atoms with E-state index in [-0.39, 0.29) is 0 Å². The lowest BCUT2D eigenvalue weighted by atomic mass is 9.84. The molecule has 0 amide bonds. The van der Waals surface area contributed by atoms with Crippen molar-refractivity contribution >= 4 is 0 Å². The molecule has 0 aromatic heterocycles. The first-order valence-corrected chi connectivity index (χ1v) is 8.38. The van der Waals surface area contributed by atoms with Gasteiger partial charge in [0.25, 0.3) is 0 Å².